The molecule has 8 nitrogen and oxygen atoms in total. The molecule has 1 N–H and O–H groups in total. The second-order valence-electron chi connectivity index (χ2n) is 7.32. The molecule has 160 valence electrons. The first-order valence-corrected chi connectivity index (χ1v) is 12.0. The van der Waals surface area contributed by atoms with E-state index in [2.05, 4.69) is 5.32 Å². The van der Waals surface area contributed by atoms with E-state index in [0.717, 1.165) is 0 Å². The van der Waals surface area contributed by atoms with E-state index in [1.165, 1.54) is 7.11 Å². The van der Waals surface area contributed by atoms with Gasteiger partial charge in [0.25, 0.3) is 0 Å². The van der Waals surface area contributed by atoms with Crippen LogP contribution < -0.4 is 9.78 Å². The molecule has 1 aliphatic carbocycles. The fourth-order valence-electron chi connectivity index (χ4n) is 4.26. The quantitative estimate of drug-likeness (QED) is 0.389. The summed E-state index contributed by atoms with van der Waals surface area (Å²) >= 11 is -2.79. The van der Waals surface area contributed by atoms with Crippen molar-refractivity contribution in [2.45, 2.75) is 29.0 Å². The van der Waals surface area contributed by atoms with E-state index in [9.17, 15) is 13.4 Å². The van der Waals surface area contributed by atoms with Crippen molar-refractivity contribution >= 4 is 30.0 Å². The number of esters is 1. The fourth-order valence-corrected chi connectivity index (χ4v) is 7.56. The molecule has 2 aliphatic rings. The predicted octanol–water partition coefficient (Wildman–Crippen LogP) is 1.40. The van der Waals surface area contributed by atoms with Crippen molar-refractivity contribution < 1.29 is 32.1 Å². The van der Waals surface area contributed by atoms with E-state index in [4.69, 9.17) is 18.6 Å². The second kappa shape index (κ2) is 8.17. The molecule has 0 amide bonds. The van der Waals surface area contributed by atoms with Crippen LogP contribution in [0.4, 0.5) is 0 Å². The number of methoxy groups -OCH3 is 3. The van der Waals surface area contributed by atoms with Crippen molar-refractivity contribution in [2.24, 2.45) is 0 Å². The van der Waals surface area contributed by atoms with Crippen LogP contribution in [-0.4, -0.2) is 65.3 Å². The van der Waals surface area contributed by atoms with Crippen LogP contribution in [-0.2, 0) is 18.0 Å². The Balaban J connectivity index is 1.81. The van der Waals surface area contributed by atoms with Gasteiger partial charge in [-0.25, -0.2) is 0 Å². The molecule has 1 saturated heterocycles. The number of hydrogen-bond donors (Lipinski definition) is 1. The summed E-state index contributed by atoms with van der Waals surface area (Å²) in [5.74, 6) is -2.22. The standard InChI is InChI=1S/C21H23NO7Se/c1-26-20(24)15-9-13-14-10-21(27-2,28-3)11-22-16(14)19(17(23)18(13)29-15)30(25)12-7-5-4-6-8-12/h4-9,14,16,19,22H,10-11H2,1-3H3/t14-,16-,19+,30?/m1/s1. The second-order valence-corrected chi connectivity index (χ2v) is 10.6. The Kier molecular flexibility index (Phi) is 5.74. The van der Waals surface area contributed by atoms with E-state index in [-0.39, 0.29) is 23.2 Å². The van der Waals surface area contributed by atoms with Crippen LogP contribution in [0.2, 0.25) is 4.82 Å². The fraction of sp³-hybridized carbons (Fsp3) is 0.429. The minimum atomic E-state index is -2.79. The molecule has 1 unspecified atom stereocenters. The van der Waals surface area contributed by atoms with Crippen LogP contribution in [0.1, 0.15) is 39.0 Å². The first-order valence-electron chi connectivity index (χ1n) is 9.50. The number of carbonyl (C=O) groups excluding carboxylic acids is 2. The zero-order valence-corrected chi connectivity index (χ0v) is 18.6. The number of hydrogen-bond acceptors (Lipinski definition) is 8. The van der Waals surface area contributed by atoms with Gasteiger partial charge in [0.15, 0.2) is 0 Å². The Morgan fingerprint density at radius 3 is 2.53 bits per heavy atom. The Bertz CT molecular complexity index is 982. The normalized spacial score (nSPS) is 25.8. The Morgan fingerprint density at radius 2 is 1.90 bits per heavy atom. The third-order valence-corrected chi connectivity index (χ3v) is 9.45. The van der Waals surface area contributed by atoms with Crippen LogP contribution in [0, 0.1) is 0 Å². The van der Waals surface area contributed by atoms with E-state index >= 15 is 0 Å². The monoisotopic (exact) mass is 481 g/mol. The molecular weight excluding hydrogens is 457 g/mol. The number of piperidine rings is 1. The molecule has 1 aliphatic heterocycles. The predicted molar refractivity (Wildman–Crippen MR) is 107 cm³/mol. The molecule has 0 bridgehead atoms. The number of rotatable bonds is 5. The summed E-state index contributed by atoms with van der Waals surface area (Å²) in [6.45, 7) is 0.343. The SMILES string of the molecule is COC(=O)c1cc2c(o1)C(=O)[C@@H]([Se](=O)c1ccccc1)[C@@H]1NCC(OC)(OC)C[C@H]21. The van der Waals surface area contributed by atoms with E-state index in [1.54, 1.807) is 44.6 Å². The summed E-state index contributed by atoms with van der Waals surface area (Å²) in [6.07, 6.45) is 0.419. The minimum absolute atomic E-state index is 0.0524. The van der Waals surface area contributed by atoms with Gasteiger partial charge >= 0.3 is 178 Å². The number of benzene rings is 1. The maximum atomic E-state index is 13.5. The van der Waals surface area contributed by atoms with Crippen LogP contribution in [0.5, 0.6) is 0 Å². The first kappa shape index (κ1) is 21.1. The molecule has 30 heavy (non-hydrogen) atoms. The van der Waals surface area contributed by atoms with Gasteiger partial charge in [0.2, 0.25) is 0 Å². The van der Waals surface area contributed by atoms with E-state index < -0.39 is 36.4 Å². The molecule has 2 heterocycles. The van der Waals surface area contributed by atoms with Gasteiger partial charge in [-0.1, -0.05) is 0 Å². The average molecular weight is 480 g/mol. The van der Waals surface area contributed by atoms with Crippen molar-refractivity contribution in [2.75, 3.05) is 27.9 Å². The molecule has 1 aromatic heterocycles. The molecule has 9 heteroatoms. The first-order chi connectivity index (χ1) is 14.4. The Hall–Kier alpha value is -2.16. The molecule has 1 fully saturated rings. The molecule has 4 rings (SSSR count). The zero-order chi connectivity index (χ0) is 21.5. The van der Waals surface area contributed by atoms with Gasteiger partial charge in [0.1, 0.15) is 0 Å². The van der Waals surface area contributed by atoms with E-state index in [0.29, 0.717) is 23.0 Å². The van der Waals surface area contributed by atoms with Gasteiger partial charge in [-0.05, 0) is 0 Å². The van der Waals surface area contributed by atoms with E-state index in [1.807, 2.05) is 6.07 Å². The van der Waals surface area contributed by atoms with Gasteiger partial charge < -0.3 is 0 Å². The third-order valence-electron chi connectivity index (χ3n) is 5.88. The third kappa shape index (κ3) is 3.36. The van der Waals surface area contributed by atoms with Crippen molar-refractivity contribution in [3.8, 4) is 0 Å². The summed E-state index contributed by atoms with van der Waals surface area (Å²) in [7, 11) is 4.36. The van der Waals surface area contributed by atoms with Crippen LogP contribution >= 0.6 is 0 Å². The van der Waals surface area contributed by atoms with Gasteiger partial charge in [-0.3, -0.25) is 0 Å². The number of fused-ring (bicyclic) bond motifs is 3. The number of Topliss-reactive ketones (excluding diaryl/α,β-unsaturated/α-hetero) is 1. The maximum absolute atomic E-state index is 13.5. The molecule has 4 atom stereocenters. The van der Waals surface area contributed by atoms with Crippen molar-refractivity contribution in [1.82, 2.24) is 5.32 Å². The Labute approximate surface area is 177 Å². The summed E-state index contributed by atoms with van der Waals surface area (Å²) < 4.78 is 35.8. The number of carbonyl (C=O) groups is 2. The van der Waals surface area contributed by atoms with Crippen molar-refractivity contribution in [3.63, 3.8) is 0 Å². The van der Waals surface area contributed by atoms with Crippen molar-refractivity contribution in [1.29, 1.82) is 0 Å². The molecule has 0 radical (unpaired) electrons. The molecule has 0 spiro atoms. The van der Waals surface area contributed by atoms with Crippen LogP contribution in [0.3, 0.4) is 0 Å². The molecule has 2 aromatic rings. The number of furan rings is 1. The number of ether oxygens (including phenoxy) is 3. The Morgan fingerprint density at radius 1 is 1.20 bits per heavy atom. The van der Waals surface area contributed by atoms with Gasteiger partial charge in [0, 0.05) is 0 Å². The van der Waals surface area contributed by atoms with Gasteiger partial charge in [0.05, 0.1) is 0 Å². The van der Waals surface area contributed by atoms with Crippen LogP contribution in [0.25, 0.3) is 0 Å². The van der Waals surface area contributed by atoms with Gasteiger partial charge in [-0.15, -0.1) is 0 Å². The average Bonchev–Trinajstić information content (AvgIpc) is 3.25. The summed E-state index contributed by atoms with van der Waals surface area (Å²) in [6, 6.07) is 10.1. The summed E-state index contributed by atoms with van der Waals surface area (Å²) in [5, 5.41) is 3.34. The van der Waals surface area contributed by atoms with Crippen molar-refractivity contribution in [3.05, 3.63) is 53.5 Å². The summed E-state index contributed by atoms with van der Waals surface area (Å²) in [4.78, 5) is 24.6. The molecule has 1 aromatic carbocycles. The number of nitrogens with one attached hydrogen (secondary N) is 1. The van der Waals surface area contributed by atoms with Crippen LogP contribution in [0.15, 0.2) is 40.8 Å². The topological polar surface area (TPSA) is 104 Å². The summed E-state index contributed by atoms with van der Waals surface area (Å²) in [5.41, 5.74) is 0.583. The molecule has 0 saturated carbocycles. The molecular formula is C21H23NO7Se. The number of ketones is 1. The van der Waals surface area contributed by atoms with Gasteiger partial charge in [-0.2, -0.15) is 0 Å². The zero-order valence-electron chi connectivity index (χ0n) is 16.9.